The number of hydrogen-bond donors (Lipinski definition) is 1. The molecule has 0 saturated heterocycles. The normalized spacial score (nSPS) is 12.5. The van der Waals surface area contributed by atoms with Gasteiger partial charge in [-0.1, -0.05) is 30.4 Å². The fourth-order valence-electron chi connectivity index (χ4n) is 2.74. The van der Waals surface area contributed by atoms with Crippen molar-refractivity contribution in [2.75, 3.05) is 5.32 Å². The van der Waals surface area contributed by atoms with E-state index in [-0.39, 0.29) is 5.56 Å². The summed E-state index contributed by atoms with van der Waals surface area (Å²) in [5.74, 6) is 0. The lowest BCUT2D eigenvalue weighted by atomic mass is 9.94. The summed E-state index contributed by atoms with van der Waals surface area (Å²) in [6.07, 6.45) is -3.19. The van der Waals surface area contributed by atoms with E-state index in [1.165, 1.54) is 34.1 Å². The summed E-state index contributed by atoms with van der Waals surface area (Å²) in [5.41, 5.74) is 0.0941. The minimum Gasteiger partial charge on any atom is -0.355 e. The Kier molecular flexibility index (Phi) is 4.98. The van der Waals surface area contributed by atoms with E-state index < -0.39 is 17.3 Å². The van der Waals surface area contributed by atoms with Crippen molar-refractivity contribution in [1.82, 2.24) is 14.6 Å². The van der Waals surface area contributed by atoms with Crippen LogP contribution in [0.1, 0.15) is 37.6 Å². The summed E-state index contributed by atoms with van der Waals surface area (Å²) in [6.45, 7) is 5.76. The lowest BCUT2D eigenvalue weighted by Crippen LogP contribution is -2.33. The molecular weight excluding hydrogens is 377 g/mol. The monoisotopic (exact) mass is 396 g/mol. The number of anilines is 1. The van der Waals surface area contributed by atoms with Gasteiger partial charge in [-0.3, -0.25) is 4.79 Å². The average Bonchev–Trinajstić information content (AvgIpc) is 2.96. The van der Waals surface area contributed by atoms with Gasteiger partial charge >= 0.3 is 6.18 Å². The Balaban J connectivity index is 1.79. The van der Waals surface area contributed by atoms with E-state index in [9.17, 15) is 18.0 Å². The van der Waals surface area contributed by atoms with Crippen LogP contribution in [0.15, 0.2) is 35.1 Å². The Hall–Kier alpha value is -2.42. The molecule has 2 aromatic heterocycles. The molecule has 0 aliphatic carbocycles. The molecule has 5 nitrogen and oxygen atoms in total. The van der Waals surface area contributed by atoms with E-state index in [1.807, 2.05) is 20.8 Å². The van der Waals surface area contributed by atoms with Crippen molar-refractivity contribution in [2.45, 2.75) is 45.3 Å². The molecule has 0 aliphatic rings. The summed E-state index contributed by atoms with van der Waals surface area (Å²) in [5, 5.41) is 8.04. The quantitative estimate of drug-likeness (QED) is 0.703. The second kappa shape index (κ2) is 6.95. The molecule has 0 aliphatic heterocycles. The highest BCUT2D eigenvalue weighted by atomic mass is 32.1. The molecule has 27 heavy (non-hydrogen) atoms. The van der Waals surface area contributed by atoms with Crippen molar-refractivity contribution in [2.24, 2.45) is 0 Å². The number of aryl methyl sites for hydroxylation is 1. The molecule has 0 saturated carbocycles. The van der Waals surface area contributed by atoms with Crippen LogP contribution in [-0.4, -0.2) is 20.1 Å². The summed E-state index contributed by atoms with van der Waals surface area (Å²) >= 11 is 1.27. The summed E-state index contributed by atoms with van der Waals surface area (Å²) in [6, 6.07) is 6.58. The zero-order valence-electron chi connectivity index (χ0n) is 15.1. The van der Waals surface area contributed by atoms with Crippen LogP contribution in [0.5, 0.6) is 0 Å². The highest BCUT2D eigenvalue weighted by Gasteiger charge is 2.30. The molecule has 2 heterocycles. The SMILES string of the molecule is CCc1cc(=O)n2nc(NC(C)(C)Cc3ccc(C(F)(F)F)cc3)sc2n1. The molecule has 1 aromatic carbocycles. The zero-order valence-corrected chi connectivity index (χ0v) is 15.9. The van der Waals surface area contributed by atoms with Gasteiger partial charge in [-0.25, -0.2) is 4.98 Å². The second-order valence-electron chi connectivity index (χ2n) is 6.92. The van der Waals surface area contributed by atoms with Gasteiger partial charge in [0.15, 0.2) is 0 Å². The molecule has 144 valence electrons. The van der Waals surface area contributed by atoms with Crippen LogP contribution < -0.4 is 10.9 Å². The average molecular weight is 396 g/mol. The number of nitrogens with zero attached hydrogens (tertiary/aromatic N) is 3. The molecule has 9 heteroatoms. The molecule has 1 N–H and O–H groups in total. The molecule has 0 radical (unpaired) electrons. The maximum absolute atomic E-state index is 12.7. The van der Waals surface area contributed by atoms with Crippen molar-refractivity contribution < 1.29 is 13.2 Å². The fraction of sp³-hybridized carbons (Fsp3) is 0.389. The third-order valence-electron chi connectivity index (χ3n) is 4.03. The fourth-order valence-corrected chi connectivity index (χ4v) is 3.75. The summed E-state index contributed by atoms with van der Waals surface area (Å²) in [7, 11) is 0. The van der Waals surface area contributed by atoms with Gasteiger partial charge < -0.3 is 5.32 Å². The molecule has 0 unspecified atom stereocenters. The molecule has 3 aromatic rings. The molecule has 0 amide bonds. The Morgan fingerprint density at radius 1 is 1.19 bits per heavy atom. The van der Waals surface area contributed by atoms with E-state index in [0.29, 0.717) is 28.6 Å². The number of aromatic nitrogens is 3. The number of halogens is 3. The number of fused-ring (bicyclic) bond motifs is 1. The lowest BCUT2D eigenvalue weighted by Gasteiger charge is -2.26. The van der Waals surface area contributed by atoms with Crippen molar-refractivity contribution in [1.29, 1.82) is 0 Å². The van der Waals surface area contributed by atoms with Crippen molar-refractivity contribution in [3.8, 4) is 0 Å². The smallest absolute Gasteiger partial charge is 0.355 e. The predicted molar refractivity (Wildman–Crippen MR) is 99.4 cm³/mol. The van der Waals surface area contributed by atoms with Gasteiger partial charge in [0.2, 0.25) is 10.1 Å². The van der Waals surface area contributed by atoms with Crippen molar-refractivity contribution in [3.05, 3.63) is 57.5 Å². The first-order valence-corrected chi connectivity index (χ1v) is 9.23. The van der Waals surface area contributed by atoms with E-state index in [2.05, 4.69) is 15.4 Å². The van der Waals surface area contributed by atoms with Crippen LogP contribution in [0.3, 0.4) is 0 Å². The molecule has 0 atom stereocenters. The second-order valence-corrected chi connectivity index (χ2v) is 7.88. The number of benzene rings is 1. The van der Waals surface area contributed by atoms with Gasteiger partial charge in [0.25, 0.3) is 5.56 Å². The van der Waals surface area contributed by atoms with E-state index in [4.69, 9.17) is 0 Å². The molecular formula is C18H19F3N4OS. The highest BCUT2D eigenvalue weighted by Crippen LogP contribution is 2.30. The van der Waals surface area contributed by atoms with E-state index >= 15 is 0 Å². The number of hydrogen-bond acceptors (Lipinski definition) is 5. The van der Waals surface area contributed by atoms with Gasteiger partial charge in [-0.15, -0.1) is 5.10 Å². The van der Waals surface area contributed by atoms with Gasteiger partial charge in [-0.05, 0) is 44.4 Å². The van der Waals surface area contributed by atoms with Crippen LogP contribution in [0.4, 0.5) is 18.3 Å². The Labute approximate surface area is 157 Å². The maximum Gasteiger partial charge on any atom is 0.416 e. The largest absolute Gasteiger partial charge is 0.416 e. The highest BCUT2D eigenvalue weighted by molar-refractivity contribution is 7.20. The van der Waals surface area contributed by atoms with Gasteiger partial charge in [-0.2, -0.15) is 17.7 Å². The van der Waals surface area contributed by atoms with Crippen LogP contribution in [0.25, 0.3) is 4.96 Å². The van der Waals surface area contributed by atoms with Gasteiger partial charge in [0, 0.05) is 17.3 Å². The minimum absolute atomic E-state index is 0.235. The third-order valence-corrected chi connectivity index (χ3v) is 4.86. The Morgan fingerprint density at radius 2 is 1.85 bits per heavy atom. The van der Waals surface area contributed by atoms with Crippen LogP contribution in [-0.2, 0) is 19.0 Å². The van der Waals surface area contributed by atoms with E-state index in [1.54, 1.807) is 0 Å². The number of rotatable bonds is 5. The van der Waals surface area contributed by atoms with E-state index in [0.717, 1.165) is 17.7 Å². The number of alkyl halides is 3. The molecule has 0 bridgehead atoms. The number of nitrogens with one attached hydrogen (secondary N) is 1. The first-order chi connectivity index (χ1) is 12.6. The maximum atomic E-state index is 12.7. The lowest BCUT2D eigenvalue weighted by molar-refractivity contribution is -0.137. The Morgan fingerprint density at radius 3 is 2.44 bits per heavy atom. The standard InChI is InChI=1S/C18H19F3N4OS/c1-4-13-9-14(26)25-16(22-13)27-15(24-25)23-17(2,3)10-11-5-7-12(8-6-11)18(19,20)21/h5-9H,4,10H2,1-3H3,(H,23,24). The van der Waals surface area contributed by atoms with Crippen molar-refractivity contribution >= 4 is 21.4 Å². The van der Waals surface area contributed by atoms with Crippen LogP contribution in [0.2, 0.25) is 0 Å². The van der Waals surface area contributed by atoms with Gasteiger partial charge in [0.05, 0.1) is 5.56 Å². The topological polar surface area (TPSA) is 59.3 Å². The predicted octanol–water partition coefficient (Wildman–Crippen LogP) is 4.17. The summed E-state index contributed by atoms with van der Waals surface area (Å²) in [4.78, 5) is 17.0. The first-order valence-electron chi connectivity index (χ1n) is 8.41. The molecule has 0 spiro atoms. The summed E-state index contributed by atoms with van der Waals surface area (Å²) < 4.78 is 39.3. The van der Waals surface area contributed by atoms with Crippen LogP contribution >= 0.6 is 11.3 Å². The van der Waals surface area contributed by atoms with Gasteiger partial charge in [0.1, 0.15) is 0 Å². The first kappa shape index (κ1) is 19.3. The third kappa shape index (κ3) is 4.47. The minimum atomic E-state index is -4.34. The molecule has 3 rings (SSSR count). The van der Waals surface area contributed by atoms with Crippen molar-refractivity contribution in [3.63, 3.8) is 0 Å². The zero-order chi connectivity index (χ0) is 19.8. The van der Waals surface area contributed by atoms with Crippen LogP contribution in [0, 0.1) is 0 Å². The molecule has 0 fully saturated rings. The Bertz CT molecular complexity index is 1010.